The molecule has 4 rings (SSSR count). The normalized spacial score (nSPS) is 13.2. The molecule has 0 unspecified atom stereocenters. The molecule has 0 aliphatic heterocycles. The van der Waals surface area contributed by atoms with Crippen molar-refractivity contribution in [3.05, 3.63) is 71.9 Å². The van der Waals surface area contributed by atoms with Crippen molar-refractivity contribution in [3.8, 4) is 0 Å². The van der Waals surface area contributed by atoms with E-state index >= 15 is 0 Å². The second-order valence-corrected chi connectivity index (χ2v) is 9.83. The Kier molecular flexibility index (Phi) is 8.99. The summed E-state index contributed by atoms with van der Waals surface area (Å²) in [6.07, 6.45) is 11.0. The van der Waals surface area contributed by atoms with Crippen LogP contribution in [0.5, 0.6) is 0 Å². The van der Waals surface area contributed by atoms with E-state index in [1.807, 2.05) is 40.1 Å². The molecular weight excluding hydrogens is 434 g/mol. The number of unbranched alkanes of at least 4 members (excludes halogenated alkanes) is 4. The lowest BCUT2D eigenvalue weighted by Crippen LogP contribution is -2.44. The standard InChI is InChI=1S/C30H39N3O2/c1-2-3-4-5-9-16-29(34)33(26-17-18-26)23-30(35)32(22-24-12-7-6-8-13-24)20-19-25-21-31-28-15-11-10-14-27(25)28/h6-8,10-15,21,26,31H,2-5,9,16-20,22-23H2,1H3. The highest BCUT2D eigenvalue weighted by molar-refractivity contribution is 5.86. The maximum absolute atomic E-state index is 13.6. The summed E-state index contributed by atoms with van der Waals surface area (Å²) < 4.78 is 0. The van der Waals surface area contributed by atoms with Crippen LogP contribution >= 0.6 is 0 Å². The van der Waals surface area contributed by atoms with Crippen molar-refractivity contribution in [3.63, 3.8) is 0 Å². The largest absolute Gasteiger partial charge is 0.361 e. The first kappa shape index (κ1) is 25.0. The first-order valence-electron chi connectivity index (χ1n) is 13.3. The van der Waals surface area contributed by atoms with Crippen LogP contribution in [0.4, 0.5) is 0 Å². The number of hydrogen-bond acceptors (Lipinski definition) is 2. The van der Waals surface area contributed by atoms with Crippen molar-refractivity contribution < 1.29 is 9.59 Å². The third-order valence-corrected chi connectivity index (χ3v) is 7.00. The van der Waals surface area contributed by atoms with Crippen LogP contribution in [-0.2, 0) is 22.6 Å². The number of para-hydroxylation sites is 1. The summed E-state index contributed by atoms with van der Waals surface area (Å²) in [5.41, 5.74) is 3.45. The van der Waals surface area contributed by atoms with Crippen molar-refractivity contribution in [1.29, 1.82) is 0 Å². The minimum absolute atomic E-state index is 0.0416. The Morgan fingerprint density at radius 3 is 2.43 bits per heavy atom. The highest BCUT2D eigenvalue weighted by Crippen LogP contribution is 2.28. The average Bonchev–Trinajstić information content (AvgIpc) is 3.64. The number of nitrogens with one attached hydrogen (secondary N) is 1. The zero-order valence-corrected chi connectivity index (χ0v) is 21.0. The summed E-state index contributed by atoms with van der Waals surface area (Å²) in [7, 11) is 0. The van der Waals surface area contributed by atoms with Gasteiger partial charge in [0.2, 0.25) is 11.8 Å². The summed E-state index contributed by atoms with van der Waals surface area (Å²) in [4.78, 5) is 33.7. The summed E-state index contributed by atoms with van der Waals surface area (Å²) in [5, 5.41) is 1.21. The van der Waals surface area contributed by atoms with Crippen LogP contribution in [0.1, 0.15) is 69.4 Å². The second kappa shape index (κ2) is 12.6. The van der Waals surface area contributed by atoms with Gasteiger partial charge >= 0.3 is 0 Å². The minimum Gasteiger partial charge on any atom is -0.361 e. The maximum Gasteiger partial charge on any atom is 0.242 e. The van der Waals surface area contributed by atoms with Gasteiger partial charge in [-0.25, -0.2) is 0 Å². The summed E-state index contributed by atoms with van der Waals surface area (Å²) in [5.74, 6) is 0.188. The smallest absolute Gasteiger partial charge is 0.242 e. The molecule has 0 atom stereocenters. The Bertz CT molecular complexity index is 1090. The Morgan fingerprint density at radius 1 is 0.914 bits per heavy atom. The van der Waals surface area contributed by atoms with Crippen molar-refractivity contribution in [2.24, 2.45) is 0 Å². The first-order chi connectivity index (χ1) is 17.2. The van der Waals surface area contributed by atoms with E-state index in [4.69, 9.17) is 0 Å². The van der Waals surface area contributed by atoms with Gasteiger partial charge in [-0.3, -0.25) is 9.59 Å². The third-order valence-electron chi connectivity index (χ3n) is 7.00. The number of benzene rings is 2. The molecule has 1 aromatic heterocycles. The fourth-order valence-electron chi connectivity index (χ4n) is 4.77. The molecule has 1 saturated carbocycles. The van der Waals surface area contributed by atoms with Crippen LogP contribution in [0.15, 0.2) is 60.8 Å². The van der Waals surface area contributed by atoms with Gasteiger partial charge in [0.05, 0.1) is 0 Å². The van der Waals surface area contributed by atoms with Crippen molar-refractivity contribution in [2.75, 3.05) is 13.1 Å². The van der Waals surface area contributed by atoms with Gasteiger partial charge in [-0.1, -0.05) is 81.1 Å². The van der Waals surface area contributed by atoms with Gasteiger partial charge in [0.15, 0.2) is 0 Å². The van der Waals surface area contributed by atoms with Gasteiger partial charge in [-0.05, 0) is 42.9 Å². The number of rotatable bonds is 14. The molecular formula is C30H39N3O2. The van der Waals surface area contributed by atoms with Crippen molar-refractivity contribution >= 4 is 22.7 Å². The van der Waals surface area contributed by atoms with Crippen molar-refractivity contribution in [2.45, 2.75) is 77.3 Å². The van der Waals surface area contributed by atoms with E-state index < -0.39 is 0 Å². The number of fused-ring (bicyclic) bond motifs is 1. The Balaban J connectivity index is 1.41. The zero-order valence-electron chi connectivity index (χ0n) is 21.0. The topological polar surface area (TPSA) is 56.4 Å². The molecule has 3 aromatic rings. The number of hydrogen-bond donors (Lipinski definition) is 1. The highest BCUT2D eigenvalue weighted by atomic mass is 16.2. The summed E-state index contributed by atoms with van der Waals surface area (Å²) >= 11 is 0. The molecule has 2 aromatic carbocycles. The number of H-pyrrole nitrogens is 1. The number of aromatic amines is 1. The number of carbonyl (C=O) groups is 2. The summed E-state index contributed by atoms with van der Waals surface area (Å²) in [6.45, 7) is 3.58. The third kappa shape index (κ3) is 7.20. The van der Waals surface area contributed by atoms with Gasteiger partial charge in [-0.2, -0.15) is 0 Å². The average molecular weight is 474 g/mol. The fraction of sp³-hybridized carbons (Fsp3) is 0.467. The van der Waals surface area contributed by atoms with Gasteiger partial charge in [-0.15, -0.1) is 0 Å². The van der Waals surface area contributed by atoms with Crippen molar-refractivity contribution in [1.82, 2.24) is 14.8 Å². The lowest BCUT2D eigenvalue weighted by molar-refractivity contribution is -0.141. The maximum atomic E-state index is 13.6. The van der Waals surface area contributed by atoms with Gasteiger partial charge in [0.25, 0.3) is 0 Å². The number of amides is 2. The van der Waals surface area contributed by atoms with Crippen LogP contribution in [0.3, 0.4) is 0 Å². The molecule has 1 heterocycles. The number of carbonyl (C=O) groups excluding carboxylic acids is 2. The number of aromatic nitrogens is 1. The van der Waals surface area contributed by atoms with E-state index in [1.165, 1.54) is 30.2 Å². The first-order valence-corrected chi connectivity index (χ1v) is 13.3. The second-order valence-electron chi connectivity index (χ2n) is 9.83. The zero-order chi connectivity index (χ0) is 24.5. The van der Waals surface area contributed by atoms with E-state index in [2.05, 4.69) is 42.4 Å². The predicted molar refractivity (Wildman–Crippen MR) is 142 cm³/mol. The van der Waals surface area contributed by atoms with E-state index in [0.29, 0.717) is 19.5 Å². The highest BCUT2D eigenvalue weighted by Gasteiger charge is 2.34. The molecule has 0 spiro atoms. The van der Waals surface area contributed by atoms with Gasteiger partial charge < -0.3 is 14.8 Å². The molecule has 5 heteroatoms. The molecule has 35 heavy (non-hydrogen) atoms. The molecule has 2 amide bonds. The SMILES string of the molecule is CCCCCCCC(=O)N(CC(=O)N(CCc1c[nH]c2ccccc12)Cc1ccccc1)C1CC1. The molecule has 1 N–H and O–H groups in total. The van der Waals surface area contributed by atoms with Crippen LogP contribution in [0.25, 0.3) is 10.9 Å². The quantitative estimate of drug-likeness (QED) is 0.288. The molecule has 0 radical (unpaired) electrons. The van der Waals surface area contributed by atoms with Crippen LogP contribution in [0.2, 0.25) is 0 Å². The van der Waals surface area contributed by atoms with E-state index in [9.17, 15) is 9.59 Å². The Morgan fingerprint density at radius 2 is 1.66 bits per heavy atom. The van der Waals surface area contributed by atoms with Crippen LogP contribution in [0, 0.1) is 0 Å². The Hall–Kier alpha value is -3.08. The summed E-state index contributed by atoms with van der Waals surface area (Å²) in [6, 6.07) is 18.7. The lowest BCUT2D eigenvalue weighted by atomic mass is 10.1. The van der Waals surface area contributed by atoms with E-state index in [-0.39, 0.29) is 24.4 Å². The molecule has 1 aliphatic carbocycles. The van der Waals surface area contributed by atoms with Crippen LogP contribution < -0.4 is 0 Å². The van der Waals surface area contributed by atoms with E-state index in [1.54, 1.807) is 0 Å². The molecule has 1 aliphatic rings. The van der Waals surface area contributed by atoms with Gasteiger partial charge in [0, 0.05) is 42.7 Å². The fourth-order valence-corrected chi connectivity index (χ4v) is 4.77. The Labute approximate surface area is 209 Å². The predicted octanol–water partition coefficient (Wildman–Crippen LogP) is 6.09. The van der Waals surface area contributed by atoms with Crippen LogP contribution in [-0.4, -0.2) is 45.7 Å². The molecule has 186 valence electrons. The van der Waals surface area contributed by atoms with E-state index in [0.717, 1.165) is 43.2 Å². The number of nitrogens with zero attached hydrogens (tertiary/aromatic N) is 2. The lowest BCUT2D eigenvalue weighted by Gasteiger charge is -2.28. The molecule has 0 bridgehead atoms. The molecule has 5 nitrogen and oxygen atoms in total. The monoisotopic (exact) mass is 473 g/mol. The van der Waals surface area contributed by atoms with Gasteiger partial charge in [0.1, 0.15) is 6.54 Å². The molecule has 0 saturated heterocycles. The molecule has 1 fully saturated rings. The minimum atomic E-state index is 0.0416.